The maximum atomic E-state index is 13.2. The minimum Gasteiger partial charge on any atom is -0.286 e. The third-order valence-electron chi connectivity index (χ3n) is 1.67. The standard InChI is InChI=1S/C9H4BrFN2OS/c10-6-4-15-9(13-6)7(14)5-2-1-3-12-8(5)11/h1-4H. The fraction of sp³-hybridized carbons (Fsp3) is 0. The SMILES string of the molecule is O=C(c1nc(Br)cs1)c1cccnc1F. The fourth-order valence-corrected chi connectivity index (χ4v) is 2.23. The molecule has 0 fully saturated rings. The van der Waals surface area contributed by atoms with Crippen LogP contribution >= 0.6 is 27.3 Å². The van der Waals surface area contributed by atoms with E-state index in [9.17, 15) is 9.18 Å². The van der Waals surface area contributed by atoms with Gasteiger partial charge in [0.15, 0.2) is 5.01 Å². The summed E-state index contributed by atoms with van der Waals surface area (Å²) in [5.74, 6) is -1.22. The number of pyridine rings is 1. The Bertz CT molecular complexity index is 514. The summed E-state index contributed by atoms with van der Waals surface area (Å²) >= 11 is 4.29. The van der Waals surface area contributed by atoms with E-state index in [-0.39, 0.29) is 10.6 Å². The van der Waals surface area contributed by atoms with Gasteiger partial charge in [-0.3, -0.25) is 4.79 Å². The van der Waals surface area contributed by atoms with Crippen molar-refractivity contribution in [2.45, 2.75) is 0 Å². The first-order valence-corrected chi connectivity index (χ1v) is 5.62. The van der Waals surface area contributed by atoms with Crippen LogP contribution in [0.3, 0.4) is 0 Å². The Balaban J connectivity index is 2.41. The molecule has 0 aromatic carbocycles. The van der Waals surface area contributed by atoms with E-state index in [0.717, 1.165) is 11.3 Å². The molecule has 2 heterocycles. The number of hydrogen-bond donors (Lipinski definition) is 0. The smallest absolute Gasteiger partial charge is 0.226 e. The number of thiazole rings is 1. The van der Waals surface area contributed by atoms with Gasteiger partial charge < -0.3 is 0 Å². The van der Waals surface area contributed by atoms with Crippen LogP contribution in [0, 0.1) is 5.95 Å². The molecule has 0 aliphatic heterocycles. The van der Waals surface area contributed by atoms with E-state index < -0.39 is 11.7 Å². The van der Waals surface area contributed by atoms with E-state index >= 15 is 0 Å². The second-order valence-electron chi connectivity index (χ2n) is 2.65. The van der Waals surface area contributed by atoms with Gasteiger partial charge in [0.2, 0.25) is 11.7 Å². The Morgan fingerprint density at radius 1 is 1.53 bits per heavy atom. The van der Waals surface area contributed by atoms with Gasteiger partial charge in [-0.25, -0.2) is 9.97 Å². The fourth-order valence-electron chi connectivity index (χ4n) is 1.03. The zero-order valence-electron chi connectivity index (χ0n) is 7.28. The lowest BCUT2D eigenvalue weighted by atomic mass is 10.2. The number of carbonyl (C=O) groups is 1. The zero-order chi connectivity index (χ0) is 10.8. The lowest BCUT2D eigenvalue weighted by Gasteiger charge is -1.96. The molecule has 0 aliphatic rings. The van der Waals surface area contributed by atoms with Crippen LogP contribution < -0.4 is 0 Å². The van der Waals surface area contributed by atoms with Crippen LogP contribution in [-0.4, -0.2) is 15.8 Å². The molecule has 76 valence electrons. The summed E-state index contributed by atoms with van der Waals surface area (Å²) in [4.78, 5) is 19.1. The van der Waals surface area contributed by atoms with Crippen LogP contribution in [0.4, 0.5) is 4.39 Å². The number of hydrogen-bond acceptors (Lipinski definition) is 4. The van der Waals surface area contributed by atoms with Gasteiger partial charge in [0.05, 0.1) is 5.56 Å². The molecule has 0 spiro atoms. The van der Waals surface area contributed by atoms with E-state index in [0.29, 0.717) is 4.60 Å². The molecule has 2 rings (SSSR count). The predicted octanol–water partition coefficient (Wildman–Crippen LogP) is 2.67. The van der Waals surface area contributed by atoms with E-state index in [1.165, 1.54) is 18.3 Å². The summed E-state index contributed by atoms with van der Waals surface area (Å²) in [6.07, 6.45) is 1.30. The molecule has 0 atom stereocenters. The lowest BCUT2D eigenvalue weighted by Crippen LogP contribution is -2.04. The minimum atomic E-state index is -0.770. The molecular formula is C9H4BrFN2OS. The molecule has 0 aliphatic carbocycles. The molecule has 0 saturated heterocycles. The molecule has 15 heavy (non-hydrogen) atoms. The number of nitrogens with zero attached hydrogens (tertiary/aromatic N) is 2. The molecule has 0 amide bonds. The molecule has 0 bridgehead atoms. The number of rotatable bonds is 2. The maximum absolute atomic E-state index is 13.2. The van der Waals surface area contributed by atoms with Gasteiger partial charge in [-0.1, -0.05) is 0 Å². The number of ketones is 1. The van der Waals surface area contributed by atoms with Crippen molar-refractivity contribution < 1.29 is 9.18 Å². The van der Waals surface area contributed by atoms with E-state index in [1.54, 1.807) is 5.38 Å². The summed E-state index contributed by atoms with van der Waals surface area (Å²) in [6.45, 7) is 0. The molecule has 3 nitrogen and oxygen atoms in total. The van der Waals surface area contributed by atoms with Gasteiger partial charge in [0.25, 0.3) is 0 Å². The highest BCUT2D eigenvalue weighted by atomic mass is 79.9. The molecule has 0 saturated carbocycles. The summed E-state index contributed by atoms with van der Waals surface area (Å²) in [5.41, 5.74) is -0.0562. The number of aromatic nitrogens is 2. The quantitative estimate of drug-likeness (QED) is 0.630. The average molecular weight is 287 g/mol. The van der Waals surface area contributed by atoms with Crippen molar-refractivity contribution in [3.63, 3.8) is 0 Å². The van der Waals surface area contributed by atoms with Gasteiger partial charge in [0, 0.05) is 11.6 Å². The summed E-state index contributed by atoms with van der Waals surface area (Å²) in [6, 6.07) is 2.90. The molecular weight excluding hydrogens is 283 g/mol. The van der Waals surface area contributed by atoms with Crippen molar-refractivity contribution in [2.24, 2.45) is 0 Å². The Labute approximate surface area is 97.1 Å². The van der Waals surface area contributed by atoms with Gasteiger partial charge in [0.1, 0.15) is 4.60 Å². The molecule has 2 aromatic rings. The molecule has 6 heteroatoms. The Kier molecular flexibility index (Phi) is 2.88. The Hall–Kier alpha value is -1.14. The van der Waals surface area contributed by atoms with E-state index in [1.807, 2.05) is 0 Å². The Morgan fingerprint density at radius 3 is 2.93 bits per heavy atom. The first-order chi connectivity index (χ1) is 7.18. The van der Waals surface area contributed by atoms with Crippen molar-refractivity contribution in [3.8, 4) is 0 Å². The second-order valence-corrected chi connectivity index (χ2v) is 4.32. The predicted molar refractivity (Wildman–Crippen MR) is 57.4 cm³/mol. The van der Waals surface area contributed by atoms with Gasteiger partial charge >= 0.3 is 0 Å². The van der Waals surface area contributed by atoms with Crippen molar-refractivity contribution in [1.82, 2.24) is 9.97 Å². The van der Waals surface area contributed by atoms with Crippen LogP contribution in [0.15, 0.2) is 28.3 Å². The molecule has 0 N–H and O–H groups in total. The number of halogens is 2. The highest BCUT2D eigenvalue weighted by Gasteiger charge is 2.17. The largest absolute Gasteiger partial charge is 0.286 e. The molecule has 0 unspecified atom stereocenters. The van der Waals surface area contributed by atoms with E-state index in [2.05, 4.69) is 25.9 Å². The lowest BCUT2D eigenvalue weighted by molar-refractivity contribution is 0.103. The minimum absolute atomic E-state index is 0.0562. The summed E-state index contributed by atoms with van der Waals surface area (Å²) in [5, 5.41) is 1.91. The normalized spacial score (nSPS) is 10.3. The van der Waals surface area contributed by atoms with E-state index in [4.69, 9.17) is 0 Å². The van der Waals surface area contributed by atoms with Crippen LogP contribution in [0.25, 0.3) is 0 Å². The first-order valence-electron chi connectivity index (χ1n) is 3.94. The topological polar surface area (TPSA) is 42.9 Å². The van der Waals surface area contributed by atoms with Crippen LogP contribution in [0.5, 0.6) is 0 Å². The summed E-state index contributed by atoms with van der Waals surface area (Å²) in [7, 11) is 0. The summed E-state index contributed by atoms with van der Waals surface area (Å²) < 4.78 is 13.7. The van der Waals surface area contributed by atoms with Gasteiger partial charge in [-0.05, 0) is 28.1 Å². The second kappa shape index (κ2) is 4.16. The van der Waals surface area contributed by atoms with Gasteiger partial charge in [-0.15, -0.1) is 11.3 Å². The average Bonchev–Trinajstić information content (AvgIpc) is 2.65. The monoisotopic (exact) mass is 286 g/mol. The molecule has 2 aromatic heterocycles. The highest BCUT2D eigenvalue weighted by Crippen LogP contribution is 2.18. The third-order valence-corrected chi connectivity index (χ3v) is 3.22. The zero-order valence-corrected chi connectivity index (χ0v) is 9.68. The van der Waals surface area contributed by atoms with Crippen molar-refractivity contribution in [3.05, 3.63) is 44.8 Å². The number of carbonyl (C=O) groups excluding carboxylic acids is 1. The Morgan fingerprint density at radius 2 is 2.33 bits per heavy atom. The third kappa shape index (κ3) is 2.10. The molecule has 0 radical (unpaired) electrons. The highest BCUT2D eigenvalue weighted by molar-refractivity contribution is 9.10. The van der Waals surface area contributed by atoms with Crippen molar-refractivity contribution >= 4 is 33.0 Å². The van der Waals surface area contributed by atoms with Crippen LogP contribution in [-0.2, 0) is 0 Å². The van der Waals surface area contributed by atoms with Crippen LogP contribution in [0.2, 0.25) is 0 Å². The maximum Gasteiger partial charge on any atom is 0.226 e. The van der Waals surface area contributed by atoms with Crippen LogP contribution in [0.1, 0.15) is 15.4 Å². The first kappa shape index (κ1) is 10.4. The van der Waals surface area contributed by atoms with Crippen molar-refractivity contribution in [2.75, 3.05) is 0 Å². The van der Waals surface area contributed by atoms with Crippen molar-refractivity contribution in [1.29, 1.82) is 0 Å². The van der Waals surface area contributed by atoms with Gasteiger partial charge in [-0.2, -0.15) is 4.39 Å².